The standard InChI is InChI=1S/C12H15N3S/c1-2-3-9-16-12-10-13-14-15(12)11-7-5-4-6-8-11/h4-8,10H,2-3,9H2,1H3. The molecule has 1 aromatic heterocycles. The number of hydrogen-bond acceptors (Lipinski definition) is 3. The van der Waals surface area contributed by atoms with Gasteiger partial charge >= 0.3 is 0 Å². The predicted octanol–water partition coefficient (Wildman–Crippen LogP) is 3.16. The summed E-state index contributed by atoms with van der Waals surface area (Å²) in [5, 5.41) is 9.19. The Morgan fingerprint density at radius 3 is 2.81 bits per heavy atom. The van der Waals surface area contributed by atoms with Gasteiger partial charge in [0.1, 0.15) is 5.03 Å². The van der Waals surface area contributed by atoms with Crippen LogP contribution in [0, 0.1) is 0 Å². The van der Waals surface area contributed by atoms with E-state index in [9.17, 15) is 0 Å². The second kappa shape index (κ2) is 5.70. The van der Waals surface area contributed by atoms with Crippen LogP contribution in [0.3, 0.4) is 0 Å². The summed E-state index contributed by atoms with van der Waals surface area (Å²) in [6, 6.07) is 10.1. The highest BCUT2D eigenvalue weighted by molar-refractivity contribution is 7.99. The van der Waals surface area contributed by atoms with Gasteiger partial charge < -0.3 is 0 Å². The van der Waals surface area contributed by atoms with Crippen molar-refractivity contribution in [1.82, 2.24) is 15.0 Å². The minimum absolute atomic E-state index is 1.07. The van der Waals surface area contributed by atoms with Crippen molar-refractivity contribution in [2.24, 2.45) is 0 Å². The van der Waals surface area contributed by atoms with Gasteiger partial charge in [0.15, 0.2) is 0 Å². The number of benzene rings is 1. The van der Waals surface area contributed by atoms with Gasteiger partial charge in [0, 0.05) is 0 Å². The molecule has 0 atom stereocenters. The Kier molecular flexibility index (Phi) is 3.99. The van der Waals surface area contributed by atoms with E-state index < -0.39 is 0 Å². The molecule has 1 aromatic carbocycles. The van der Waals surface area contributed by atoms with Crippen molar-refractivity contribution in [3.05, 3.63) is 36.5 Å². The number of hydrogen-bond donors (Lipinski definition) is 0. The highest BCUT2D eigenvalue weighted by Crippen LogP contribution is 2.20. The number of thioether (sulfide) groups is 1. The van der Waals surface area contributed by atoms with E-state index in [2.05, 4.69) is 17.2 Å². The van der Waals surface area contributed by atoms with Crippen LogP contribution in [-0.2, 0) is 0 Å². The average molecular weight is 233 g/mol. The van der Waals surface area contributed by atoms with Gasteiger partial charge in [-0.2, -0.15) is 0 Å². The van der Waals surface area contributed by atoms with Gasteiger partial charge in [-0.05, 0) is 24.3 Å². The summed E-state index contributed by atoms with van der Waals surface area (Å²) in [5.74, 6) is 1.12. The molecule has 0 aliphatic carbocycles. The quantitative estimate of drug-likeness (QED) is 0.587. The first-order valence-electron chi connectivity index (χ1n) is 5.50. The van der Waals surface area contributed by atoms with Crippen molar-refractivity contribution in [2.75, 3.05) is 5.75 Å². The lowest BCUT2D eigenvalue weighted by molar-refractivity contribution is 0.755. The highest BCUT2D eigenvalue weighted by atomic mass is 32.2. The molecule has 0 spiro atoms. The van der Waals surface area contributed by atoms with Crippen molar-refractivity contribution in [1.29, 1.82) is 0 Å². The number of rotatable bonds is 5. The molecule has 0 N–H and O–H groups in total. The third-order valence-electron chi connectivity index (χ3n) is 2.27. The molecule has 0 bridgehead atoms. The van der Waals surface area contributed by atoms with E-state index in [4.69, 9.17) is 0 Å². The van der Waals surface area contributed by atoms with Crippen LogP contribution >= 0.6 is 11.8 Å². The van der Waals surface area contributed by atoms with Crippen molar-refractivity contribution in [2.45, 2.75) is 24.8 Å². The van der Waals surface area contributed by atoms with Crippen LogP contribution in [0.2, 0.25) is 0 Å². The molecule has 2 aromatic rings. The van der Waals surface area contributed by atoms with Crippen LogP contribution in [0.15, 0.2) is 41.6 Å². The second-order valence-electron chi connectivity index (χ2n) is 3.52. The third kappa shape index (κ3) is 2.64. The fourth-order valence-electron chi connectivity index (χ4n) is 1.39. The summed E-state index contributed by atoms with van der Waals surface area (Å²) in [7, 11) is 0. The van der Waals surface area contributed by atoms with E-state index >= 15 is 0 Å². The summed E-state index contributed by atoms with van der Waals surface area (Å²) >= 11 is 1.81. The highest BCUT2D eigenvalue weighted by Gasteiger charge is 2.05. The first-order chi connectivity index (χ1) is 7.92. The molecule has 0 saturated carbocycles. The topological polar surface area (TPSA) is 30.7 Å². The molecule has 4 heteroatoms. The van der Waals surface area contributed by atoms with Crippen LogP contribution in [0.4, 0.5) is 0 Å². The fraction of sp³-hybridized carbons (Fsp3) is 0.333. The molecule has 0 aliphatic heterocycles. The summed E-state index contributed by atoms with van der Waals surface area (Å²) < 4.78 is 1.89. The third-order valence-corrected chi connectivity index (χ3v) is 3.33. The van der Waals surface area contributed by atoms with Gasteiger partial charge in [0.25, 0.3) is 0 Å². The molecule has 84 valence electrons. The normalized spacial score (nSPS) is 10.6. The molecule has 0 amide bonds. The molecule has 0 aliphatic rings. The zero-order valence-electron chi connectivity index (χ0n) is 9.34. The maximum atomic E-state index is 4.11. The smallest absolute Gasteiger partial charge is 0.120 e. The Morgan fingerprint density at radius 1 is 1.25 bits per heavy atom. The lowest BCUT2D eigenvalue weighted by Gasteiger charge is -2.04. The van der Waals surface area contributed by atoms with E-state index in [1.807, 2.05) is 53.0 Å². The van der Waals surface area contributed by atoms with Crippen LogP contribution in [0.1, 0.15) is 19.8 Å². The molecule has 0 fully saturated rings. The molecule has 0 radical (unpaired) electrons. The molecule has 2 rings (SSSR count). The summed E-state index contributed by atoms with van der Waals surface area (Å²) in [6.45, 7) is 2.20. The Morgan fingerprint density at radius 2 is 2.06 bits per heavy atom. The van der Waals surface area contributed by atoms with Gasteiger partial charge in [-0.3, -0.25) is 0 Å². The Balaban J connectivity index is 2.13. The van der Waals surface area contributed by atoms with Crippen LogP contribution in [0.25, 0.3) is 5.69 Å². The predicted molar refractivity (Wildman–Crippen MR) is 67.0 cm³/mol. The van der Waals surface area contributed by atoms with Crippen LogP contribution in [-0.4, -0.2) is 20.7 Å². The van der Waals surface area contributed by atoms with Crippen LogP contribution < -0.4 is 0 Å². The lowest BCUT2D eigenvalue weighted by atomic mass is 10.3. The fourth-order valence-corrected chi connectivity index (χ4v) is 2.42. The van der Waals surface area contributed by atoms with Gasteiger partial charge in [0.2, 0.25) is 0 Å². The van der Waals surface area contributed by atoms with Crippen molar-refractivity contribution >= 4 is 11.8 Å². The molecular weight excluding hydrogens is 218 g/mol. The summed E-state index contributed by atoms with van der Waals surface area (Å²) in [4.78, 5) is 0. The molecule has 0 saturated heterocycles. The van der Waals surface area contributed by atoms with Crippen LogP contribution in [0.5, 0.6) is 0 Å². The molecular formula is C12H15N3S. The number of aromatic nitrogens is 3. The van der Waals surface area contributed by atoms with E-state index in [0.29, 0.717) is 0 Å². The van der Waals surface area contributed by atoms with Gasteiger partial charge in [-0.1, -0.05) is 36.8 Å². The van der Waals surface area contributed by atoms with E-state index in [1.165, 1.54) is 12.8 Å². The van der Waals surface area contributed by atoms with Crippen molar-refractivity contribution in [3.63, 3.8) is 0 Å². The second-order valence-corrected chi connectivity index (χ2v) is 4.64. The molecule has 0 unspecified atom stereocenters. The van der Waals surface area contributed by atoms with Gasteiger partial charge in [0.05, 0.1) is 11.9 Å². The SMILES string of the molecule is CCCCSc1cnnn1-c1ccccc1. The zero-order valence-corrected chi connectivity index (χ0v) is 10.2. The lowest BCUT2D eigenvalue weighted by Crippen LogP contribution is -1.98. The summed E-state index contributed by atoms with van der Waals surface area (Å²) in [5.41, 5.74) is 1.07. The first-order valence-corrected chi connectivity index (χ1v) is 6.49. The monoisotopic (exact) mass is 233 g/mol. The van der Waals surface area contributed by atoms with E-state index in [-0.39, 0.29) is 0 Å². The Hall–Kier alpha value is -1.29. The largest absolute Gasteiger partial charge is 0.207 e. The maximum absolute atomic E-state index is 4.11. The van der Waals surface area contributed by atoms with Crippen molar-refractivity contribution < 1.29 is 0 Å². The van der Waals surface area contributed by atoms with Gasteiger partial charge in [-0.15, -0.1) is 16.9 Å². The average Bonchev–Trinajstić information content (AvgIpc) is 2.79. The summed E-state index contributed by atoms with van der Waals surface area (Å²) in [6.07, 6.45) is 4.28. The van der Waals surface area contributed by atoms with Crippen molar-refractivity contribution in [3.8, 4) is 5.69 Å². The molecule has 3 nitrogen and oxygen atoms in total. The molecule has 1 heterocycles. The number of unbranched alkanes of at least 4 members (excludes halogenated alkanes) is 1. The minimum Gasteiger partial charge on any atom is -0.207 e. The number of para-hydroxylation sites is 1. The number of nitrogens with zero attached hydrogens (tertiary/aromatic N) is 3. The zero-order chi connectivity index (χ0) is 11.2. The Labute approximate surface area is 99.9 Å². The first kappa shape index (κ1) is 11.2. The van der Waals surface area contributed by atoms with E-state index in [0.717, 1.165) is 16.5 Å². The maximum Gasteiger partial charge on any atom is 0.120 e. The Bertz CT molecular complexity index is 425. The van der Waals surface area contributed by atoms with E-state index in [1.54, 1.807) is 0 Å². The molecule has 16 heavy (non-hydrogen) atoms. The van der Waals surface area contributed by atoms with Gasteiger partial charge in [-0.25, -0.2) is 4.68 Å². The minimum atomic E-state index is 1.07.